The van der Waals surface area contributed by atoms with Crippen molar-refractivity contribution in [2.75, 3.05) is 40.9 Å². The Kier molecular flexibility index (Phi) is 35.9. The van der Waals surface area contributed by atoms with Crippen LogP contribution in [-0.4, -0.2) is 73.4 Å². The highest BCUT2D eigenvalue weighted by Gasteiger charge is 2.28. The van der Waals surface area contributed by atoms with Crippen molar-refractivity contribution in [3.8, 4) is 0 Å². The van der Waals surface area contributed by atoms with Gasteiger partial charge in [-0.15, -0.1) is 0 Å². The molecule has 0 rings (SSSR count). The zero-order valence-corrected chi connectivity index (χ0v) is 36.4. The SMILES string of the molecule is CCCCCCCC/C=C/CCCCCCCCCC(=O)N[C@@H](COP(=O)(O)OCC[N+](C)(C)C)[C@H](O)CCCC/C=C/CCCCCCCCCC. The van der Waals surface area contributed by atoms with E-state index in [1.807, 2.05) is 21.1 Å². The summed E-state index contributed by atoms with van der Waals surface area (Å²) in [6.45, 7) is 4.85. The molecule has 0 aromatic carbocycles. The second-order valence-corrected chi connectivity index (χ2v) is 17.9. The summed E-state index contributed by atoms with van der Waals surface area (Å²) in [6, 6.07) is -0.776. The van der Waals surface area contributed by atoms with Crippen LogP contribution in [0.25, 0.3) is 0 Å². The van der Waals surface area contributed by atoms with Gasteiger partial charge in [0.25, 0.3) is 0 Å². The van der Waals surface area contributed by atoms with Gasteiger partial charge in [-0.25, -0.2) is 4.57 Å². The molecule has 0 aromatic heterocycles. The third-order valence-corrected chi connectivity index (χ3v) is 10.9. The topological polar surface area (TPSA) is 105 Å². The first-order valence-corrected chi connectivity index (χ1v) is 23.7. The third kappa shape index (κ3) is 39.0. The lowest BCUT2D eigenvalue weighted by Crippen LogP contribution is -2.46. The van der Waals surface area contributed by atoms with Gasteiger partial charge < -0.3 is 19.8 Å². The number of likely N-dealkylation sites (N-methyl/N-ethyl adjacent to an activating group) is 1. The summed E-state index contributed by atoms with van der Waals surface area (Å²) in [7, 11) is 1.60. The molecule has 1 unspecified atom stereocenters. The molecule has 8 nitrogen and oxygen atoms in total. The zero-order chi connectivity index (χ0) is 39.3. The van der Waals surface area contributed by atoms with E-state index >= 15 is 0 Å². The molecule has 0 radical (unpaired) electrons. The summed E-state index contributed by atoms with van der Waals surface area (Å²) in [5.74, 6) is -0.159. The van der Waals surface area contributed by atoms with Gasteiger partial charge in [0.2, 0.25) is 5.91 Å². The van der Waals surface area contributed by atoms with Crippen LogP contribution in [0.3, 0.4) is 0 Å². The summed E-state index contributed by atoms with van der Waals surface area (Å²) >= 11 is 0. The second-order valence-electron chi connectivity index (χ2n) is 16.4. The molecular formula is C44H88N2O6P+. The quantitative estimate of drug-likeness (QED) is 0.0248. The smallest absolute Gasteiger partial charge is 0.391 e. The number of hydrogen-bond acceptors (Lipinski definition) is 5. The zero-order valence-electron chi connectivity index (χ0n) is 35.5. The lowest BCUT2D eigenvalue weighted by Gasteiger charge is -2.26. The van der Waals surface area contributed by atoms with Crippen molar-refractivity contribution in [2.24, 2.45) is 0 Å². The number of amides is 1. The van der Waals surface area contributed by atoms with E-state index in [1.165, 1.54) is 128 Å². The maximum Gasteiger partial charge on any atom is 0.472 e. The number of nitrogens with one attached hydrogen (secondary N) is 1. The highest BCUT2D eigenvalue weighted by Crippen LogP contribution is 2.43. The molecule has 0 saturated heterocycles. The van der Waals surface area contributed by atoms with Crippen LogP contribution < -0.4 is 5.32 Å². The number of aliphatic hydroxyl groups excluding tert-OH is 1. The van der Waals surface area contributed by atoms with E-state index in [4.69, 9.17) is 9.05 Å². The average molecular weight is 772 g/mol. The lowest BCUT2D eigenvalue weighted by molar-refractivity contribution is -0.870. The van der Waals surface area contributed by atoms with Crippen molar-refractivity contribution in [3.63, 3.8) is 0 Å². The number of phosphoric ester groups is 1. The number of carbonyl (C=O) groups excluding carboxylic acids is 1. The summed E-state index contributed by atoms with van der Waals surface area (Å²) < 4.78 is 23.6. The van der Waals surface area contributed by atoms with Crippen LogP contribution in [0.2, 0.25) is 0 Å². The molecule has 9 heteroatoms. The number of unbranched alkanes of at least 4 members (excludes halogenated alkanes) is 23. The van der Waals surface area contributed by atoms with Crippen molar-refractivity contribution in [1.29, 1.82) is 0 Å². The number of phosphoric acid groups is 1. The van der Waals surface area contributed by atoms with E-state index in [2.05, 4.69) is 43.5 Å². The molecule has 1 amide bonds. The van der Waals surface area contributed by atoms with Crippen molar-refractivity contribution < 1.29 is 32.9 Å². The van der Waals surface area contributed by atoms with Gasteiger partial charge in [0.1, 0.15) is 13.2 Å². The first kappa shape index (κ1) is 52.0. The summed E-state index contributed by atoms with van der Waals surface area (Å²) in [5, 5.41) is 13.9. The van der Waals surface area contributed by atoms with Crippen molar-refractivity contribution >= 4 is 13.7 Å². The second kappa shape index (κ2) is 36.6. The molecule has 0 heterocycles. The van der Waals surface area contributed by atoms with Gasteiger partial charge in [-0.2, -0.15) is 0 Å². The van der Waals surface area contributed by atoms with Gasteiger partial charge in [0.05, 0.1) is 39.9 Å². The Hall–Kier alpha value is -1.02. The van der Waals surface area contributed by atoms with Gasteiger partial charge in [-0.3, -0.25) is 13.8 Å². The molecule has 0 bridgehead atoms. The van der Waals surface area contributed by atoms with Crippen LogP contribution >= 0.6 is 7.82 Å². The maximum absolute atomic E-state index is 12.9. The van der Waals surface area contributed by atoms with E-state index in [0.717, 1.165) is 44.9 Å². The number of allylic oxidation sites excluding steroid dienone is 4. The van der Waals surface area contributed by atoms with Crippen LogP contribution in [0, 0.1) is 0 Å². The monoisotopic (exact) mass is 772 g/mol. The van der Waals surface area contributed by atoms with E-state index in [9.17, 15) is 19.4 Å². The molecule has 0 fully saturated rings. The van der Waals surface area contributed by atoms with Crippen LogP contribution in [0.5, 0.6) is 0 Å². The highest BCUT2D eigenvalue weighted by atomic mass is 31.2. The molecule has 0 aliphatic rings. The summed E-state index contributed by atoms with van der Waals surface area (Å²) in [6.07, 6.45) is 42.0. The minimum Gasteiger partial charge on any atom is -0.391 e. The Labute approximate surface area is 328 Å². The molecule has 0 saturated carbocycles. The van der Waals surface area contributed by atoms with Crippen LogP contribution in [0.15, 0.2) is 24.3 Å². The molecule has 0 aliphatic heterocycles. The highest BCUT2D eigenvalue weighted by molar-refractivity contribution is 7.47. The Morgan fingerprint density at radius 1 is 0.623 bits per heavy atom. The Bertz CT molecular complexity index is 922. The number of quaternary nitrogens is 1. The number of nitrogens with zero attached hydrogens (tertiary/aromatic N) is 1. The fraction of sp³-hybridized carbons (Fsp3) is 0.886. The maximum atomic E-state index is 12.9. The molecular weight excluding hydrogens is 683 g/mol. The van der Waals surface area contributed by atoms with E-state index in [1.54, 1.807) is 0 Å². The van der Waals surface area contributed by atoms with Gasteiger partial charge in [-0.1, -0.05) is 154 Å². The minimum absolute atomic E-state index is 0.0692. The van der Waals surface area contributed by atoms with E-state index in [-0.39, 0.29) is 19.1 Å². The first-order chi connectivity index (χ1) is 25.5. The molecule has 3 N–H and O–H groups in total. The number of aliphatic hydroxyl groups is 1. The van der Waals surface area contributed by atoms with Crippen molar-refractivity contribution in [2.45, 2.75) is 212 Å². The molecule has 0 aliphatic carbocycles. The van der Waals surface area contributed by atoms with Crippen LogP contribution in [0.4, 0.5) is 0 Å². The Morgan fingerprint density at radius 2 is 1.02 bits per heavy atom. The summed E-state index contributed by atoms with van der Waals surface area (Å²) in [4.78, 5) is 23.1. The molecule has 0 spiro atoms. The molecule has 0 aromatic rings. The predicted octanol–water partition coefficient (Wildman–Crippen LogP) is 12.1. The van der Waals surface area contributed by atoms with Gasteiger partial charge in [0, 0.05) is 6.42 Å². The number of hydrogen-bond donors (Lipinski definition) is 3. The Morgan fingerprint density at radius 3 is 1.45 bits per heavy atom. The molecule has 53 heavy (non-hydrogen) atoms. The minimum atomic E-state index is -4.32. The fourth-order valence-corrected chi connectivity index (χ4v) is 7.06. The fourth-order valence-electron chi connectivity index (χ4n) is 6.33. The lowest BCUT2D eigenvalue weighted by atomic mass is 10.0. The predicted molar refractivity (Wildman–Crippen MR) is 226 cm³/mol. The Balaban J connectivity index is 4.40. The van der Waals surface area contributed by atoms with E-state index < -0.39 is 20.0 Å². The van der Waals surface area contributed by atoms with Gasteiger partial charge in [-0.05, 0) is 64.2 Å². The number of carbonyl (C=O) groups is 1. The van der Waals surface area contributed by atoms with Crippen molar-refractivity contribution in [1.82, 2.24) is 5.32 Å². The van der Waals surface area contributed by atoms with Crippen LogP contribution in [-0.2, 0) is 18.4 Å². The normalized spacial score (nSPS) is 14.6. The van der Waals surface area contributed by atoms with Crippen molar-refractivity contribution in [3.05, 3.63) is 24.3 Å². The van der Waals surface area contributed by atoms with Gasteiger partial charge in [0.15, 0.2) is 0 Å². The molecule has 3 atom stereocenters. The largest absolute Gasteiger partial charge is 0.472 e. The van der Waals surface area contributed by atoms with Gasteiger partial charge >= 0.3 is 7.82 Å². The third-order valence-electron chi connectivity index (χ3n) is 9.92. The average Bonchev–Trinajstić information content (AvgIpc) is 3.10. The molecule has 314 valence electrons. The van der Waals surface area contributed by atoms with Crippen LogP contribution in [0.1, 0.15) is 200 Å². The summed E-state index contributed by atoms with van der Waals surface area (Å²) in [5.41, 5.74) is 0. The van der Waals surface area contributed by atoms with E-state index in [0.29, 0.717) is 23.9 Å². The first-order valence-electron chi connectivity index (χ1n) is 22.2. The number of rotatable bonds is 40. The standard InChI is InChI=1S/C44H87N2O6P/c1-6-8-10-12-14-16-18-20-22-23-24-26-28-30-32-34-36-38-44(48)45-42(41-52-53(49,50)51-40-39-46(3,4)5)43(47)37-35-33-31-29-27-25-21-19-17-15-13-11-9-7-2/h20,22,27,29,42-43,47H,6-19,21,23-26,28,30-41H2,1-5H3,(H-,45,48,49,50)/p+1/b22-20+,29-27+/t42-,43+/m0/s1.